The molecule has 1 saturated heterocycles. The zero-order valence-corrected chi connectivity index (χ0v) is 7.99. The van der Waals surface area contributed by atoms with E-state index in [4.69, 9.17) is 0 Å². The molecular formula is C8H15NO2S. The van der Waals surface area contributed by atoms with Gasteiger partial charge in [-0.1, -0.05) is 12.8 Å². The van der Waals surface area contributed by atoms with E-state index in [2.05, 4.69) is 4.72 Å². The van der Waals surface area contributed by atoms with Gasteiger partial charge in [0.25, 0.3) is 0 Å². The van der Waals surface area contributed by atoms with Crippen LogP contribution in [0, 0.1) is 0 Å². The van der Waals surface area contributed by atoms with Crippen LogP contribution in [0.5, 0.6) is 0 Å². The Hall–Kier alpha value is -0.0900. The van der Waals surface area contributed by atoms with Gasteiger partial charge in [-0.2, -0.15) is 0 Å². The second kappa shape index (κ2) is 2.70. The highest BCUT2D eigenvalue weighted by Crippen LogP contribution is 2.41. The molecule has 1 N–H and O–H groups in total. The molecule has 4 heteroatoms. The molecule has 1 saturated carbocycles. The summed E-state index contributed by atoms with van der Waals surface area (Å²) in [5.41, 5.74) is 0. The first-order valence-electron chi connectivity index (χ1n) is 4.66. The molecular weight excluding hydrogens is 174 g/mol. The molecule has 0 bridgehead atoms. The first-order chi connectivity index (χ1) is 5.66. The Bertz CT molecular complexity index is 265. The third kappa shape index (κ3) is 1.09. The summed E-state index contributed by atoms with van der Waals surface area (Å²) in [5.74, 6) is 0. The topological polar surface area (TPSA) is 46.2 Å². The van der Waals surface area contributed by atoms with Crippen LogP contribution in [-0.2, 0) is 10.0 Å². The van der Waals surface area contributed by atoms with Gasteiger partial charge < -0.3 is 0 Å². The first kappa shape index (κ1) is 8.51. The third-order valence-corrected chi connectivity index (χ3v) is 5.52. The lowest BCUT2D eigenvalue weighted by Gasteiger charge is -2.32. The fourth-order valence-corrected chi connectivity index (χ4v) is 4.40. The molecule has 0 atom stereocenters. The van der Waals surface area contributed by atoms with Crippen LogP contribution in [0.1, 0.15) is 38.5 Å². The molecule has 0 radical (unpaired) electrons. The zero-order valence-electron chi connectivity index (χ0n) is 7.17. The molecule has 1 aliphatic heterocycles. The standard InChI is InChI=1S/C8H15NO2S/c10-12(11)8(4-1-2-5-8)6-3-7-9-12/h9H,1-7H2. The highest BCUT2D eigenvalue weighted by Gasteiger charge is 2.46. The number of hydrogen-bond acceptors (Lipinski definition) is 2. The van der Waals surface area contributed by atoms with Crippen molar-refractivity contribution in [2.45, 2.75) is 43.3 Å². The van der Waals surface area contributed by atoms with E-state index in [1.165, 1.54) is 0 Å². The van der Waals surface area contributed by atoms with Gasteiger partial charge in [0.05, 0.1) is 4.75 Å². The predicted octanol–water partition coefficient (Wildman–Crippen LogP) is 1.01. The van der Waals surface area contributed by atoms with Crippen LogP contribution >= 0.6 is 0 Å². The summed E-state index contributed by atoms with van der Waals surface area (Å²) in [6.07, 6.45) is 5.81. The minimum atomic E-state index is -2.97. The van der Waals surface area contributed by atoms with Crippen LogP contribution in [0.2, 0.25) is 0 Å². The Morgan fingerprint density at radius 1 is 1.00 bits per heavy atom. The lowest BCUT2D eigenvalue weighted by molar-refractivity contribution is 0.437. The molecule has 70 valence electrons. The molecule has 2 rings (SSSR count). The second-order valence-electron chi connectivity index (χ2n) is 3.89. The predicted molar refractivity (Wildman–Crippen MR) is 47.4 cm³/mol. The summed E-state index contributed by atoms with van der Waals surface area (Å²) in [7, 11) is -2.97. The summed E-state index contributed by atoms with van der Waals surface area (Å²) in [6.45, 7) is 0.643. The quantitative estimate of drug-likeness (QED) is 0.618. The maximum absolute atomic E-state index is 11.7. The van der Waals surface area contributed by atoms with Gasteiger partial charge in [0.2, 0.25) is 10.0 Å². The third-order valence-electron chi connectivity index (χ3n) is 3.19. The van der Waals surface area contributed by atoms with E-state index in [9.17, 15) is 8.42 Å². The van der Waals surface area contributed by atoms with E-state index in [0.717, 1.165) is 38.5 Å². The Morgan fingerprint density at radius 3 is 2.17 bits per heavy atom. The second-order valence-corrected chi connectivity index (χ2v) is 6.05. The summed E-state index contributed by atoms with van der Waals surface area (Å²) in [4.78, 5) is 0. The molecule has 0 aromatic rings. The van der Waals surface area contributed by atoms with E-state index < -0.39 is 10.0 Å². The van der Waals surface area contributed by atoms with Crippen LogP contribution in [0.15, 0.2) is 0 Å². The van der Waals surface area contributed by atoms with Gasteiger partial charge >= 0.3 is 0 Å². The van der Waals surface area contributed by atoms with Gasteiger partial charge in [-0.05, 0) is 25.7 Å². The van der Waals surface area contributed by atoms with E-state index in [1.807, 2.05) is 0 Å². The van der Waals surface area contributed by atoms with Crippen molar-refractivity contribution in [3.05, 3.63) is 0 Å². The molecule has 2 aliphatic rings. The van der Waals surface area contributed by atoms with Crippen molar-refractivity contribution in [2.24, 2.45) is 0 Å². The van der Waals surface area contributed by atoms with Gasteiger partial charge in [-0.25, -0.2) is 13.1 Å². The maximum atomic E-state index is 11.7. The van der Waals surface area contributed by atoms with Crippen molar-refractivity contribution >= 4 is 10.0 Å². The largest absolute Gasteiger partial charge is 0.217 e. The molecule has 1 spiro atoms. The van der Waals surface area contributed by atoms with E-state index in [1.54, 1.807) is 0 Å². The molecule has 12 heavy (non-hydrogen) atoms. The summed E-state index contributed by atoms with van der Waals surface area (Å²) in [5, 5.41) is 0. The Labute approximate surface area is 73.6 Å². The van der Waals surface area contributed by atoms with Gasteiger partial charge in [0.15, 0.2) is 0 Å². The van der Waals surface area contributed by atoms with E-state index in [0.29, 0.717) is 6.54 Å². The molecule has 0 aromatic carbocycles. The number of nitrogens with one attached hydrogen (secondary N) is 1. The molecule has 0 aromatic heterocycles. The lowest BCUT2D eigenvalue weighted by Crippen LogP contribution is -2.48. The minimum absolute atomic E-state index is 0.370. The Morgan fingerprint density at radius 2 is 1.58 bits per heavy atom. The highest BCUT2D eigenvalue weighted by molar-refractivity contribution is 7.91. The molecule has 3 nitrogen and oxygen atoms in total. The van der Waals surface area contributed by atoms with Gasteiger partial charge in [0, 0.05) is 6.54 Å². The smallest absolute Gasteiger partial charge is 0.215 e. The molecule has 0 unspecified atom stereocenters. The highest BCUT2D eigenvalue weighted by atomic mass is 32.2. The van der Waals surface area contributed by atoms with Crippen molar-refractivity contribution in [1.82, 2.24) is 4.72 Å². The number of hydrogen-bond donors (Lipinski definition) is 1. The average molecular weight is 189 g/mol. The Kier molecular flexibility index (Phi) is 1.92. The lowest BCUT2D eigenvalue weighted by atomic mass is 10.0. The van der Waals surface area contributed by atoms with Gasteiger partial charge in [-0.15, -0.1) is 0 Å². The van der Waals surface area contributed by atoms with Crippen LogP contribution in [-0.4, -0.2) is 19.7 Å². The maximum Gasteiger partial charge on any atom is 0.217 e. The van der Waals surface area contributed by atoms with Crippen molar-refractivity contribution in [3.63, 3.8) is 0 Å². The van der Waals surface area contributed by atoms with Crippen LogP contribution < -0.4 is 4.72 Å². The fourth-order valence-electron chi connectivity index (χ4n) is 2.44. The van der Waals surface area contributed by atoms with Crippen molar-refractivity contribution < 1.29 is 8.42 Å². The van der Waals surface area contributed by atoms with Gasteiger partial charge in [-0.3, -0.25) is 0 Å². The molecule has 0 amide bonds. The SMILES string of the molecule is O=S1(=O)NCCCC12CCCC2. The average Bonchev–Trinajstić information content (AvgIpc) is 2.46. The van der Waals surface area contributed by atoms with E-state index >= 15 is 0 Å². The summed E-state index contributed by atoms with van der Waals surface area (Å²) >= 11 is 0. The minimum Gasteiger partial charge on any atom is -0.215 e. The Balaban J connectivity index is 2.32. The van der Waals surface area contributed by atoms with Gasteiger partial charge in [0.1, 0.15) is 0 Å². The first-order valence-corrected chi connectivity index (χ1v) is 6.14. The fraction of sp³-hybridized carbons (Fsp3) is 1.00. The number of sulfonamides is 1. The van der Waals surface area contributed by atoms with Crippen LogP contribution in [0.4, 0.5) is 0 Å². The summed E-state index contributed by atoms with van der Waals surface area (Å²) in [6, 6.07) is 0. The zero-order chi connectivity index (χ0) is 8.66. The van der Waals surface area contributed by atoms with Crippen molar-refractivity contribution in [3.8, 4) is 0 Å². The number of rotatable bonds is 0. The summed E-state index contributed by atoms with van der Waals surface area (Å²) < 4.78 is 25.7. The van der Waals surface area contributed by atoms with E-state index in [-0.39, 0.29) is 4.75 Å². The monoisotopic (exact) mass is 189 g/mol. The molecule has 2 fully saturated rings. The normalized spacial score (nSPS) is 32.3. The van der Waals surface area contributed by atoms with Crippen molar-refractivity contribution in [2.75, 3.05) is 6.54 Å². The van der Waals surface area contributed by atoms with Crippen molar-refractivity contribution in [1.29, 1.82) is 0 Å². The molecule has 1 heterocycles. The van der Waals surface area contributed by atoms with Crippen LogP contribution in [0.25, 0.3) is 0 Å². The molecule has 1 aliphatic carbocycles. The van der Waals surface area contributed by atoms with Crippen LogP contribution in [0.3, 0.4) is 0 Å².